The number of aryl methyl sites for hydroxylation is 1. The molecule has 0 bridgehead atoms. The molecule has 1 aliphatic heterocycles. The predicted molar refractivity (Wildman–Crippen MR) is 146 cm³/mol. The van der Waals surface area contributed by atoms with Gasteiger partial charge >= 0.3 is 0 Å². The topological polar surface area (TPSA) is 106 Å². The van der Waals surface area contributed by atoms with Crippen molar-refractivity contribution in [2.75, 3.05) is 9.80 Å². The Labute approximate surface area is 243 Å². The number of carbonyl (C=O) groups is 3. The summed E-state index contributed by atoms with van der Waals surface area (Å²) in [6.45, 7) is 0. The highest BCUT2D eigenvalue weighted by Crippen LogP contribution is 2.47. The molecule has 2 heterocycles. The van der Waals surface area contributed by atoms with Gasteiger partial charge in [-0.2, -0.15) is 5.26 Å². The van der Waals surface area contributed by atoms with Gasteiger partial charge in [-0.3, -0.25) is 24.2 Å². The third-order valence-corrected chi connectivity index (χ3v) is 8.11. The Morgan fingerprint density at radius 2 is 1.86 bits per heavy atom. The Balaban J connectivity index is 1.52. The van der Waals surface area contributed by atoms with E-state index in [2.05, 4.69) is 10.3 Å². The van der Waals surface area contributed by atoms with Gasteiger partial charge in [-0.05, 0) is 54.3 Å². The highest BCUT2D eigenvalue weighted by molar-refractivity contribution is 6.16. The number of nitrogens with one attached hydrogen (secondary N) is 1. The number of nitrogens with zero attached hydrogens (tertiary/aromatic N) is 4. The van der Waals surface area contributed by atoms with E-state index in [4.69, 9.17) is 0 Å². The summed E-state index contributed by atoms with van der Waals surface area (Å²) >= 11 is 0. The molecular formula is C31H23F4N5O3. The van der Waals surface area contributed by atoms with Crippen molar-refractivity contribution >= 4 is 29.2 Å². The molecule has 218 valence electrons. The van der Waals surface area contributed by atoms with Crippen molar-refractivity contribution in [2.24, 2.45) is 0 Å². The number of alkyl halides is 2. The van der Waals surface area contributed by atoms with Crippen molar-refractivity contribution in [3.8, 4) is 6.07 Å². The number of nitriles is 1. The van der Waals surface area contributed by atoms with Crippen molar-refractivity contribution < 1.29 is 31.9 Å². The van der Waals surface area contributed by atoms with E-state index >= 15 is 4.39 Å². The van der Waals surface area contributed by atoms with Gasteiger partial charge in [-0.25, -0.2) is 22.5 Å². The molecule has 0 unspecified atom stereocenters. The van der Waals surface area contributed by atoms with Gasteiger partial charge in [0.05, 0.1) is 17.3 Å². The normalized spacial score (nSPS) is 22.1. The summed E-state index contributed by atoms with van der Waals surface area (Å²) in [6, 6.07) is 12.1. The summed E-state index contributed by atoms with van der Waals surface area (Å²) in [5, 5.41) is 12.0. The second kappa shape index (κ2) is 10.3. The number of anilines is 2. The number of aromatic nitrogens is 1. The van der Waals surface area contributed by atoms with Crippen LogP contribution in [0, 0.1) is 23.0 Å². The van der Waals surface area contributed by atoms with Crippen LogP contribution in [0.3, 0.4) is 0 Å². The van der Waals surface area contributed by atoms with Crippen LogP contribution in [0.25, 0.3) is 0 Å². The third-order valence-electron chi connectivity index (χ3n) is 8.11. The molecule has 0 spiro atoms. The number of rotatable bonds is 6. The second-order valence-electron chi connectivity index (χ2n) is 10.7. The summed E-state index contributed by atoms with van der Waals surface area (Å²) in [5.41, 5.74) is -1.42. The highest BCUT2D eigenvalue weighted by atomic mass is 19.3. The zero-order valence-corrected chi connectivity index (χ0v) is 22.4. The number of fused-ring (bicyclic) bond motifs is 1. The van der Waals surface area contributed by atoms with E-state index in [1.807, 2.05) is 6.07 Å². The Bertz CT molecular complexity index is 1730. The molecule has 1 N–H and O–H groups in total. The largest absolute Gasteiger partial charge is 0.351 e. The van der Waals surface area contributed by atoms with E-state index in [1.54, 1.807) is 24.3 Å². The van der Waals surface area contributed by atoms with E-state index in [0.29, 0.717) is 11.1 Å². The molecule has 8 nitrogen and oxygen atoms in total. The van der Waals surface area contributed by atoms with E-state index < -0.39 is 71.4 Å². The van der Waals surface area contributed by atoms with Crippen LogP contribution >= 0.6 is 0 Å². The maximum absolute atomic E-state index is 15.7. The molecule has 43 heavy (non-hydrogen) atoms. The summed E-state index contributed by atoms with van der Waals surface area (Å²) in [7, 11) is 0. The minimum atomic E-state index is -2.96. The zero-order valence-electron chi connectivity index (χ0n) is 22.4. The highest BCUT2D eigenvalue weighted by Gasteiger charge is 2.57. The first-order chi connectivity index (χ1) is 20.6. The molecule has 2 atom stereocenters. The van der Waals surface area contributed by atoms with Gasteiger partial charge in [0.15, 0.2) is 17.2 Å². The number of amides is 3. The van der Waals surface area contributed by atoms with Crippen LogP contribution in [-0.4, -0.2) is 40.7 Å². The Hall–Kier alpha value is -5.05. The van der Waals surface area contributed by atoms with Crippen LogP contribution in [-0.2, 0) is 26.3 Å². The van der Waals surface area contributed by atoms with Gasteiger partial charge in [0.1, 0.15) is 11.9 Å². The summed E-state index contributed by atoms with van der Waals surface area (Å²) in [6.07, 6.45) is 2.61. The Kier molecular flexibility index (Phi) is 6.76. The molecule has 2 aliphatic carbocycles. The van der Waals surface area contributed by atoms with Crippen LogP contribution in [0.1, 0.15) is 36.0 Å². The number of hydrogen-bond acceptors (Lipinski definition) is 5. The van der Waals surface area contributed by atoms with E-state index in [1.165, 1.54) is 30.5 Å². The van der Waals surface area contributed by atoms with Crippen LogP contribution in [0.4, 0.5) is 29.1 Å². The Morgan fingerprint density at radius 1 is 1.09 bits per heavy atom. The molecule has 3 aliphatic rings. The van der Waals surface area contributed by atoms with Crippen LogP contribution in [0.15, 0.2) is 72.9 Å². The number of halogens is 4. The minimum Gasteiger partial charge on any atom is -0.351 e. The lowest BCUT2D eigenvalue weighted by Crippen LogP contribution is -2.64. The monoisotopic (exact) mass is 589 g/mol. The summed E-state index contributed by atoms with van der Waals surface area (Å²) in [4.78, 5) is 47.9. The average molecular weight is 590 g/mol. The number of pyridine rings is 1. The van der Waals surface area contributed by atoms with Gasteiger partial charge in [0.2, 0.25) is 0 Å². The van der Waals surface area contributed by atoms with Gasteiger partial charge < -0.3 is 5.32 Å². The van der Waals surface area contributed by atoms with Crippen molar-refractivity contribution in [2.45, 2.75) is 49.2 Å². The molecule has 3 amide bonds. The number of benzene rings is 2. The lowest BCUT2D eigenvalue weighted by atomic mass is 9.83. The molecular weight excluding hydrogens is 566 g/mol. The van der Waals surface area contributed by atoms with Crippen LogP contribution < -0.4 is 15.1 Å². The molecule has 12 heteroatoms. The second-order valence-corrected chi connectivity index (χ2v) is 10.7. The van der Waals surface area contributed by atoms with Crippen LogP contribution in [0.5, 0.6) is 0 Å². The van der Waals surface area contributed by atoms with Gasteiger partial charge in [0, 0.05) is 31.2 Å². The molecule has 2 aromatic carbocycles. The fourth-order valence-electron chi connectivity index (χ4n) is 6.08. The fourth-order valence-corrected chi connectivity index (χ4v) is 6.08. The summed E-state index contributed by atoms with van der Waals surface area (Å²) in [5.74, 6) is -8.16. The first-order valence-electron chi connectivity index (χ1n) is 13.5. The molecule has 1 saturated carbocycles. The standard InChI is InChI=1S/C31H23F4N5O3/c32-22-6-3-7-23(27(22)33)40(28(42)24-8-9-26(41)39(24)25-14-18(17-36)11-13-37-25)31(12-10-19-4-1-2-5-21(19)31)29(43)38-20-15-30(34,35)16-20/h1-9,11,13-14,20,24H,10,12,15-16H2,(H,38,43)/t24-,31-/m0/s1. The summed E-state index contributed by atoms with van der Waals surface area (Å²) < 4.78 is 57.8. The lowest BCUT2D eigenvalue weighted by Gasteiger charge is -2.44. The molecule has 0 saturated heterocycles. The lowest BCUT2D eigenvalue weighted by molar-refractivity contribution is -0.137. The van der Waals surface area contributed by atoms with Gasteiger partial charge in [0.25, 0.3) is 23.6 Å². The molecule has 3 aromatic rings. The maximum atomic E-state index is 15.7. The molecule has 6 rings (SSSR count). The predicted octanol–water partition coefficient (Wildman–Crippen LogP) is 4.29. The Morgan fingerprint density at radius 3 is 2.60 bits per heavy atom. The van der Waals surface area contributed by atoms with Gasteiger partial charge in [-0.1, -0.05) is 30.3 Å². The minimum absolute atomic E-state index is 0.0471. The number of hydrogen-bond donors (Lipinski definition) is 1. The van der Waals surface area contributed by atoms with Crippen molar-refractivity contribution in [3.63, 3.8) is 0 Å². The maximum Gasteiger partial charge on any atom is 0.255 e. The van der Waals surface area contributed by atoms with E-state index in [9.17, 15) is 32.8 Å². The van der Waals surface area contributed by atoms with E-state index in [-0.39, 0.29) is 24.2 Å². The first kappa shape index (κ1) is 28.1. The average Bonchev–Trinajstić information content (AvgIpc) is 3.56. The number of carbonyl (C=O) groups excluding carboxylic acids is 3. The van der Waals surface area contributed by atoms with Crippen molar-refractivity contribution in [1.82, 2.24) is 10.3 Å². The quantitative estimate of drug-likeness (QED) is 0.432. The first-order valence-corrected chi connectivity index (χ1v) is 13.5. The smallest absolute Gasteiger partial charge is 0.255 e. The molecule has 1 aromatic heterocycles. The van der Waals surface area contributed by atoms with Crippen LogP contribution in [0.2, 0.25) is 0 Å². The van der Waals surface area contributed by atoms with Crippen molar-refractivity contribution in [1.29, 1.82) is 5.26 Å². The van der Waals surface area contributed by atoms with Crippen molar-refractivity contribution in [3.05, 3.63) is 101 Å². The third kappa shape index (κ3) is 4.61. The molecule has 0 radical (unpaired) electrons. The van der Waals surface area contributed by atoms with E-state index in [0.717, 1.165) is 28.0 Å². The van der Waals surface area contributed by atoms with Gasteiger partial charge in [-0.15, -0.1) is 0 Å². The fraction of sp³-hybridized carbons (Fsp3) is 0.258. The SMILES string of the molecule is N#Cc1ccnc(N2C(=O)C=C[C@H]2C(=O)N(c2cccc(F)c2F)[C@@]2(C(=O)NC3CC(F)(F)C3)CCc3ccccc32)c1. The molecule has 1 fully saturated rings. The zero-order chi connectivity index (χ0) is 30.5.